The standard InChI is InChI=1S/C12H18FNO/c1-3-9(4-5-14-2)10-6-11(13)8-12(15)7-10/h6-9,14-15H,3-5H2,1-2H3. The van der Waals surface area contributed by atoms with Crippen molar-refractivity contribution < 1.29 is 9.50 Å². The first-order valence-electron chi connectivity index (χ1n) is 5.31. The third kappa shape index (κ3) is 3.51. The summed E-state index contributed by atoms with van der Waals surface area (Å²) in [4.78, 5) is 0. The molecule has 1 rings (SSSR count). The molecule has 0 aliphatic carbocycles. The van der Waals surface area contributed by atoms with Crippen LogP contribution in [0.25, 0.3) is 0 Å². The Morgan fingerprint density at radius 3 is 2.67 bits per heavy atom. The van der Waals surface area contributed by atoms with Crippen LogP contribution < -0.4 is 5.32 Å². The van der Waals surface area contributed by atoms with Crippen molar-refractivity contribution in [1.82, 2.24) is 5.32 Å². The normalized spacial score (nSPS) is 12.7. The van der Waals surface area contributed by atoms with Crippen LogP contribution in [0.15, 0.2) is 18.2 Å². The van der Waals surface area contributed by atoms with Gasteiger partial charge in [-0.15, -0.1) is 0 Å². The van der Waals surface area contributed by atoms with E-state index < -0.39 is 0 Å². The number of phenolic OH excluding ortho intramolecular Hbond substituents is 1. The zero-order chi connectivity index (χ0) is 11.3. The molecule has 15 heavy (non-hydrogen) atoms. The van der Waals surface area contributed by atoms with Crippen molar-refractivity contribution >= 4 is 0 Å². The first-order chi connectivity index (χ1) is 7.17. The molecule has 0 saturated carbocycles. The van der Waals surface area contributed by atoms with Crippen molar-refractivity contribution in [3.8, 4) is 5.75 Å². The number of halogens is 1. The maximum Gasteiger partial charge on any atom is 0.127 e. The molecule has 1 unspecified atom stereocenters. The SMILES string of the molecule is CCC(CCNC)c1cc(O)cc(F)c1. The molecule has 2 N–H and O–H groups in total. The minimum absolute atomic E-state index is 0.00732. The van der Waals surface area contributed by atoms with Gasteiger partial charge in [0.15, 0.2) is 0 Å². The number of hydrogen-bond acceptors (Lipinski definition) is 2. The van der Waals surface area contributed by atoms with Gasteiger partial charge in [-0.3, -0.25) is 0 Å². The van der Waals surface area contributed by atoms with E-state index in [9.17, 15) is 9.50 Å². The Bertz CT molecular complexity index is 294. The molecule has 1 aromatic carbocycles. The Labute approximate surface area is 90.1 Å². The highest BCUT2D eigenvalue weighted by atomic mass is 19.1. The summed E-state index contributed by atoms with van der Waals surface area (Å²) in [6, 6.07) is 4.28. The zero-order valence-electron chi connectivity index (χ0n) is 9.26. The second kappa shape index (κ2) is 5.71. The summed E-state index contributed by atoms with van der Waals surface area (Å²) in [5.41, 5.74) is 0.880. The minimum atomic E-state index is -0.368. The highest BCUT2D eigenvalue weighted by Gasteiger charge is 2.10. The fraction of sp³-hybridized carbons (Fsp3) is 0.500. The zero-order valence-corrected chi connectivity index (χ0v) is 9.26. The molecule has 0 spiro atoms. The van der Waals surface area contributed by atoms with Gasteiger partial charge in [0.2, 0.25) is 0 Å². The highest BCUT2D eigenvalue weighted by Crippen LogP contribution is 2.26. The van der Waals surface area contributed by atoms with Gasteiger partial charge in [0.25, 0.3) is 0 Å². The lowest BCUT2D eigenvalue weighted by atomic mass is 9.93. The lowest BCUT2D eigenvalue weighted by Gasteiger charge is -2.15. The molecule has 0 fully saturated rings. The molecule has 0 aliphatic heterocycles. The van der Waals surface area contributed by atoms with Crippen molar-refractivity contribution in [1.29, 1.82) is 0 Å². The van der Waals surface area contributed by atoms with E-state index in [1.54, 1.807) is 6.07 Å². The third-order valence-corrected chi connectivity index (χ3v) is 2.61. The summed E-state index contributed by atoms with van der Waals surface area (Å²) < 4.78 is 13.1. The Morgan fingerprint density at radius 1 is 1.40 bits per heavy atom. The van der Waals surface area contributed by atoms with Gasteiger partial charge >= 0.3 is 0 Å². The Morgan fingerprint density at radius 2 is 2.13 bits per heavy atom. The second-order valence-electron chi connectivity index (χ2n) is 3.74. The van der Waals surface area contributed by atoms with E-state index in [1.807, 2.05) is 7.05 Å². The van der Waals surface area contributed by atoms with Crippen LogP contribution >= 0.6 is 0 Å². The van der Waals surface area contributed by atoms with Crippen LogP contribution in [0.2, 0.25) is 0 Å². The van der Waals surface area contributed by atoms with Crippen molar-refractivity contribution in [2.24, 2.45) is 0 Å². The van der Waals surface area contributed by atoms with Crippen LogP contribution in [0.5, 0.6) is 5.75 Å². The van der Waals surface area contributed by atoms with E-state index in [-0.39, 0.29) is 11.6 Å². The average Bonchev–Trinajstić information content (AvgIpc) is 2.17. The third-order valence-electron chi connectivity index (χ3n) is 2.61. The maximum absolute atomic E-state index is 13.1. The largest absolute Gasteiger partial charge is 0.508 e. The van der Waals surface area contributed by atoms with Crippen molar-refractivity contribution in [2.45, 2.75) is 25.7 Å². The van der Waals surface area contributed by atoms with Gasteiger partial charge in [0.05, 0.1) is 0 Å². The first kappa shape index (κ1) is 12.0. The monoisotopic (exact) mass is 211 g/mol. The molecule has 0 amide bonds. The summed E-state index contributed by atoms with van der Waals surface area (Å²) >= 11 is 0. The van der Waals surface area contributed by atoms with Crippen molar-refractivity contribution in [3.05, 3.63) is 29.6 Å². The number of benzene rings is 1. The Balaban J connectivity index is 2.81. The molecule has 0 saturated heterocycles. The number of aromatic hydroxyl groups is 1. The number of nitrogens with one attached hydrogen (secondary N) is 1. The lowest BCUT2D eigenvalue weighted by Crippen LogP contribution is -2.12. The number of rotatable bonds is 5. The molecule has 0 aromatic heterocycles. The van der Waals surface area contributed by atoms with Crippen molar-refractivity contribution in [3.63, 3.8) is 0 Å². The van der Waals surface area contributed by atoms with Crippen LogP contribution in [0.3, 0.4) is 0 Å². The number of hydrogen-bond donors (Lipinski definition) is 2. The van der Waals surface area contributed by atoms with E-state index in [4.69, 9.17) is 0 Å². The Kier molecular flexibility index (Phi) is 4.56. The van der Waals surface area contributed by atoms with E-state index in [1.165, 1.54) is 6.07 Å². The summed E-state index contributed by atoms with van der Waals surface area (Å²) in [5.74, 6) is -0.0557. The molecule has 84 valence electrons. The fourth-order valence-electron chi connectivity index (χ4n) is 1.76. The smallest absolute Gasteiger partial charge is 0.127 e. The van der Waals surface area contributed by atoms with E-state index in [0.29, 0.717) is 5.92 Å². The minimum Gasteiger partial charge on any atom is -0.508 e. The predicted molar refractivity (Wildman–Crippen MR) is 59.6 cm³/mol. The molecule has 3 heteroatoms. The molecular formula is C12H18FNO. The molecule has 0 bridgehead atoms. The summed E-state index contributed by atoms with van der Waals surface area (Å²) in [6.07, 6.45) is 1.90. The van der Waals surface area contributed by atoms with E-state index in [0.717, 1.165) is 31.0 Å². The van der Waals surface area contributed by atoms with Crippen LogP contribution in [0, 0.1) is 5.82 Å². The van der Waals surface area contributed by atoms with Gasteiger partial charge in [0.1, 0.15) is 11.6 Å². The van der Waals surface area contributed by atoms with Gasteiger partial charge in [-0.1, -0.05) is 6.92 Å². The predicted octanol–water partition coefficient (Wildman–Crippen LogP) is 2.63. The van der Waals surface area contributed by atoms with Gasteiger partial charge in [0, 0.05) is 6.07 Å². The molecular weight excluding hydrogens is 193 g/mol. The van der Waals surface area contributed by atoms with Crippen molar-refractivity contribution in [2.75, 3.05) is 13.6 Å². The molecule has 1 atom stereocenters. The fourth-order valence-corrected chi connectivity index (χ4v) is 1.76. The molecule has 0 radical (unpaired) electrons. The van der Waals surface area contributed by atoms with Gasteiger partial charge in [-0.05, 0) is 50.0 Å². The second-order valence-corrected chi connectivity index (χ2v) is 3.74. The highest BCUT2D eigenvalue weighted by molar-refractivity contribution is 5.30. The van der Waals surface area contributed by atoms with E-state index >= 15 is 0 Å². The number of phenols is 1. The average molecular weight is 211 g/mol. The van der Waals surface area contributed by atoms with Gasteiger partial charge in [-0.2, -0.15) is 0 Å². The molecule has 2 nitrogen and oxygen atoms in total. The van der Waals surface area contributed by atoms with Crippen LogP contribution in [-0.4, -0.2) is 18.7 Å². The lowest BCUT2D eigenvalue weighted by molar-refractivity contribution is 0.465. The summed E-state index contributed by atoms with van der Waals surface area (Å²) in [7, 11) is 1.90. The summed E-state index contributed by atoms with van der Waals surface area (Å²) in [5, 5.41) is 12.4. The summed E-state index contributed by atoms with van der Waals surface area (Å²) in [6.45, 7) is 2.97. The molecule has 0 heterocycles. The maximum atomic E-state index is 13.1. The first-order valence-corrected chi connectivity index (χ1v) is 5.31. The van der Waals surface area contributed by atoms with Crippen LogP contribution in [-0.2, 0) is 0 Å². The van der Waals surface area contributed by atoms with Crippen LogP contribution in [0.4, 0.5) is 4.39 Å². The van der Waals surface area contributed by atoms with Gasteiger partial charge < -0.3 is 10.4 Å². The Hall–Kier alpha value is -1.09. The van der Waals surface area contributed by atoms with Gasteiger partial charge in [-0.25, -0.2) is 4.39 Å². The molecule has 1 aromatic rings. The molecule has 0 aliphatic rings. The van der Waals surface area contributed by atoms with Crippen LogP contribution in [0.1, 0.15) is 31.2 Å². The topological polar surface area (TPSA) is 32.3 Å². The quantitative estimate of drug-likeness (QED) is 0.784. The van der Waals surface area contributed by atoms with E-state index in [2.05, 4.69) is 12.2 Å².